The molecule has 1 atom stereocenters. The fourth-order valence-electron chi connectivity index (χ4n) is 4.66. The maximum absolute atomic E-state index is 9.89. The summed E-state index contributed by atoms with van der Waals surface area (Å²) in [7, 11) is 1.56. The summed E-state index contributed by atoms with van der Waals surface area (Å²) in [6.07, 6.45) is 4.29. The summed E-state index contributed by atoms with van der Waals surface area (Å²) in [5.74, 6) is 1.96. The molecular weight excluding hydrogens is 525 g/mol. The van der Waals surface area contributed by atoms with Crippen LogP contribution in [0.15, 0.2) is 36.8 Å². The summed E-state index contributed by atoms with van der Waals surface area (Å²) in [5.41, 5.74) is 9.34. The number of fused-ring (bicyclic) bond motifs is 1. The lowest BCUT2D eigenvalue weighted by Crippen LogP contribution is -2.70. The third-order valence-corrected chi connectivity index (χ3v) is 7.73. The van der Waals surface area contributed by atoms with E-state index in [2.05, 4.69) is 40.1 Å². The lowest BCUT2D eigenvalue weighted by atomic mass is 9.80. The zero-order valence-electron chi connectivity index (χ0n) is 21.4. The van der Waals surface area contributed by atoms with Crippen molar-refractivity contribution >= 4 is 39.9 Å². The van der Waals surface area contributed by atoms with Crippen molar-refractivity contribution in [1.82, 2.24) is 20.2 Å². The van der Waals surface area contributed by atoms with Crippen molar-refractivity contribution in [2.75, 3.05) is 25.1 Å². The monoisotopic (exact) mass is 551 g/mol. The van der Waals surface area contributed by atoms with E-state index in [0.29, 0.717) is 68.8 Å². The van der Waals surface area contributed by atoms with Crippen molar-refractivity contribution in [2.24, 2.45) is 11.7 Å². The molecule has 0 radical (unpaired) electrons. The molecule has 5 rings (SSSR count). The van der Waals surface area contributed by atoms with Crippen LogP contribution in [0.1, 0.15) is 38.0 Å². The Bertz CT molecular complexity index is 1540. The number of pyridine rings is 2. The molecule has 196 valence electrons. The number of rotatable bonds is 7. The maximum Gasteiger partial charge on any atom is 0.162 e. The number of anilines is 1. The van der Waals surface area contributed by atoms with Gasteiger partial charge in [-0.1, -0.05) is 37.0 Å². The molecule has 4 aromatic rings. The van der Waals surface area contributed by atoms with Crippen molar-refractivity contribution in [2.45, 2.75) is 32.4 Å². The summed E-state index contributed by atoms with van der Waals surface area (Å²) in [5, 5.41) is 19.0. The van der Waals surface area contributed by atoms with Gasteiger partial charge in [0.15, 0.2) is 11.5 Å². The fraction of sp³-hybridized carbons (Fsp3) is 0.333. The molecule has 1 aliphatic rings. The predicted octanol–water partition coefficient (Wildman–Crippen LogP) is 5.52. The molecular formula is C27H27Cl2N7O2. The van der Waals surface area contributed by atoms with Gasteiger partial charge in [0.05, 0.1) is 33.8 Å². The van der Waals surface area contributed by atoms with Crippen molar-refractivity contribution < 1.29 is 9.47 Å². The van der Waals surface area contributed by atoms with E-state index in [-0.39, 0.29) is 5.54 Å². The lowest BCUT2D eigenvalue weighted by Gasteiger charge is -2.51. The molecule has 1 saturated heterocycles. The Labute approximate surface area is 230 Å². The summed E-state index contributed by atoms with van der Waals surface area (Å²) in [4.78, 5) is 10.7. The second kappa shape index (κ2) is 9.95. The Morgan fingerprint density at radius 1 is 1.11 bits per heavy atom. The number of benzene rings is 1. The third kappa shape index (κ3) is 4.49. The van der Waals surface area contributed by atoms with Gasteiger partial charge in [-0.2, -0.15) is 10.4 Å². The highest BCUT2D eigenvalue weighted by atomic mass is 35.5. The van der Waals surface area contributed by atoms with Gasteiger partial charge in [-0.05, 0) is 25.0 Å². The standard InChI is InChI=1S/C27H27Cl2N7O2/c1-14(2)27(31)12-36(13-27)26-16(8-30)5-17(9-33-26)25-18-6-23(22(37-4)7-21(18)34-35-25)38-15(3)24-19(28)10-32-11-20(24)29/h5-7,9-11,14-15H,12-13,31H2,1-4H3,(H,34,35)/t15-/m1/s1. The van der Waals surface area contributed by atoms with Crippen LogP contribution in [0.25, 0.3) is 22.2 Å². The number of ether oxygens (including phenoxy) is 2. The van der Waals surface area contributed by atoms with E-state index in [0.717, 1.165) is 10.9 Å². The Balaban J connectivity index is 1.49. The Kier molecular flexibility index (Phi) is 6.82. The number of nitrogens with zero attached hydrogens (tertiary/aromatic N) is 5. The molecule has 4 heterocycles. The van der Waals surface area contributed by atoms with Crippen LogP contribution in [0.4, 0.5) is 5.82 Å². The van der Waals surface area contributed by atoms with Gasteiger partial charge in [-0.3, -0.25) is 10.1 Å². The smallest absolute Gasteiger partial charge is 0.162 e. The quantitative estimate of drug-likeness (QED) is 0.307. The molecule has 0 spiro atoms. The molecule has 9 nitrogen and oxygen atoms in total. The molecule has 38 heavy (non-hydrogen) atoms. The van der Waals surface area contributed by atoms with Crippen LogP contribution in [0, 0.1) is 17.2 Å². The zero-order valence-corrected chi connectivity index (χ0v) is 22.9. The van der Waals surface area contributed by atoms with Crippen LogP contribution in [-0.4, -0.2) is 45.9 Å². The van der Waals surface area contributed by atoms with E-state index in [4.69, 9.17) is 38.4 Å². The first-order chi connectivity index (χ1) is 18.1. The number of nitrogens with one attached hydrogen (secondary N) is 1. The molecule has 1 aromatic carbocycles. The number of aromatic nitrogens is 4. The van der Waals surface area contributed by atoms with Crippen LogP contribution < -0.4 is 20.1 Å². The average molecular weight is 552 g/mol. The first kappa shape index (κ1) is 26.0. The summed E-state index contributed by atoms with van der Waals surface area (Å²) in [6, 6.07) is 7.73. The van der Waals surface area contributed by atoms with E-state index >= 15 is 0 Å². The fourth-order valence-corrected chi connectivity index (χ4v) is 5.33. The lowest BCUT2D eigenvalue weighted by molar-refractivity contribution is 0.216. The number of nitriles is 1. The van der Waals surface area contributed by atoms with Gasteiger partial charge in [0.25, 0.3) is 0 Å². The highest BCUT2D eigenvalue weighted by Gasteiger charge is 2.43. The normalized spacial score (nSPS) is 15.3. The van der Waals surface area contributed by atoms with E-state index in [1.165, 1.54) is 12.4 Å². The zero-order chi connectivity index (χ0) is 27.2. The molecule has 1 aliphatic heterocycles. The number of H-pyrrole nitrogens is 1. The van der Waals surface area contributed by atoms with Crippen LogP contribution in [0.5, 0.6) is 11.5 Å². The Morgan fingerprint density at radius 3 is 2.45 bits per heavy atom. The largest absolute Gasteiger partial charge is 0.493 e. The maximum atomic E-state index is 9.89. The number of hydrogen-bond donors (Lipinski definition) is 2. The minimum Gasteiger partial charge on any atom is -0.493 e. The van der Waals surface area contributed by atoms with E-state index < -0.39 is 6.10 Å². The molecule has 0 aliphatic carbocycles. The highest BCUT2D eigenvalue weighted by Crippen LogP contribution is 2.40. The topological polar surface area (TPSA) is 126 Å². The van der Waals surface area contributed by atoms with Gasteiger partial charge < -0.3 is 20.1 Å². The van der Waals surface area contributed by atoms with E-state index in [1.807, 2.05) is 24.0 Å². The summed E-state index contributed by atoms with van der Waals surface area (Å²) >= 11 is 12.7. The molecule has 11 heteroatoms. The van der Waals surface area contributed by atoms with Crippen molar-refractivity contribution in [3.63, 3.8) is 0 Å². The van der Waals surface area contributed by atoms with Gasteiger partial charge in [0.1, 0.15) is 23.7 Å². The van der Waals surface area contributed by atoms with Crippen molar-refractivity contribution in [3.8, 4) is 28.8 Å². The first-order valence-corrected chi connectivity index (χ1v) is 12.9. The van der Waals surface area contributed by atoms with Crippen LogP contribution >= 0.6 is 23.2 Å². The Morgan fingerprint density at radius 2 is 1.82 bits per heavy atom. The molecule has 0 amide bonds. The van der Waals surface area contributed by atoms with Gasteiger partial charge in [0.2, 0.25) is 0 Å². The molecule has 3 N–H and O–H groups in total. The molecule has 0 unspecified atom stereocenters. The molecule has 0 saturated carbocycles. The van der Waals surface area contributed by atoms with E-state index in [1.54, 1.807) is 19.4 Å². The molecule has 1 fully saturated rings. The minimum atomic E-state index is -0.483. The molecule has 0 bridgehead atoms. The van der Waals surface area contributed by atoms with Crippen molar-refractivity contribution in [3.05, 3.63) is 58.0 Å². The van der Waals surface area contributed by atoms with Crippen LogP contribution in [-0.2, 0) is 0 Å². The number of nitrogens with two attached hydrogens (primary N) is 1. The number of aromatic amines is 1. The van der Waals surface area contributed by atoms with Crippen molar-refractivity contribution in [1.29, 1.82) is 5.26 Å². The third-order valence-electron chi connectivity index (χ3n) is 7.13. The second-order valence-corrected chi connectivity index (χ2v) is 10.7. The summed E-state index contributed by atoms with van der Waals surface area (Å²) < 4.78 is 11.8. The van der Waals surface area contributed by atoms with Crippen LogP contribution in [0.2, 0.25) is 10.0 Å². The highest BCUT2D eigenvalue weighted by molar-refractivity contribution is 6.35. The average Bonchev–Trinajstić information content (AvgIpc) is 3.28. The van der Waals surface area contributed by atoms with Gasteiger partial charge in [0, 0.05) is 54.3 Å². The first-order valence-electron chi connectivity index (χ1n) is 12.1. The minimum absolute atomic E-state index is 0.275. The molecule has 3 aromatic heterocycles. The van der Waals surface area contributed by atoms with Crippen LogP contribution in [0.3, 0.4) is 0 Å². The SMILES string of the molecule is COc1cc2[nH]nc(-c3cnc(N4CC(N)(C(C)C)C4)c(C#N)c3)c2cc1O[C@H](C)c1c(Cl)cncc1Cl. The van der Waals surface area contributed by atoms with Gasteiger partial charge >= 0.3 is 0 Å². The number of hydrogen-bond acceptors (Lipinski definition) is 8. The predicted molar refractivity (Wildman–Crippen MR) is 148 cm³/mol. The van der Waals surface area contributed by atoms with Gasteiger partial charge in [-0.25, -0.2) is 4.98 Å². The van der Waals surface area contributed by atoms with Gasteiger partial charge in [-0.15, -0.1) is 0 Å². The Hall–Kier alpha value is -3.58. The number of methoxy groups -OCH3 is 1. The number of halogens is 2. The second-order valence-electron chi connectivity index (χ2n) is 9.85. The van der Waals surface area contributed by atoms with E-state index in [9.17, 15) is 5.26 Å². The summed E-state index contributed by atoms with van der Waals surface area (Å²) in [6.45, 7) is 7.37.